The Bertz CT molecular complexity index is 446. The summed E-state index contributed by atoms with van der Waals surface area (Å²) in [4.78, 5) is 8.26. The van der Waals surface area contributed by atoms with Crippen LogP contribution in [0.25, 0.3) is 11.5 Å². The van der Waals surface area contributed by atoms with Crippen LogP contribution in [0.5, 0.6) is 0 Å². The summed E-state index contributed by atoms with van der Waals surface area (Å²) in [6.07, 6.45) is 6.35. The zero-order valence-electron chi connectivity index (χ0n) is 9.60. The molecule has 2 heterocycles. The number of oxazole rings is 1. The molecule has 0 aromatic carbocycles. The maximum absolute atomic E-state index is 5.62. The largest absolute Gasteiger partial charge is 0.438 e. The Morgan fingerprint density at radius 3 is 3.00 bits per heavy atom. The van der Waals surface area contributed by atoms with Crippen LogP contribution in [0.3, 0.4) is 0 Å². The summed E-state index contributed by atoms with van der Waals surface area (Å²) in [5.74, 6) is 1.47. The van der Waals surface area contributed by atoms with Gasteiger partial charge in [-0.3, -0.25) is 0 Å². The quantitative estimate of drug-likeness (QED) is 0.777. The highest BCUT2D eigenvalue weighted by molar-refractivity contribution is 5.49. The Kier molecular flexibility index (Phi) is 3.36. The van der Waals surface area contributed by atoms with E-state index in [1.165, 1.54) is 0 Å². The van der Waals surface area contributed by atoms with E-state index in [-0.39, 0.29) is 0 Å². The van der Waals surface area contributed by atoms with Gasteiger partial charge in [0.25, 0.3) is 0 Å². The first kappa shape index (κ1) is 10.9. The van der Waals surface area contributed by atoms with Gasteiger partial charge in [0.05, 0.1) is 25.3 Å². The summed E-state index contributed by atoms with van der Waals surface area (Å²) in [5.41, 5.74) is 0.939. The molecular formula is C11H16N4O. The van der Waals surface area contributed by atoms with Crippen molar-refractivity contribution in [3.8, 4) is 11.5 Å². The molecule has 0 spiro atoms. The molecule has 2 aromatic heterocycles. The van der Waals surface area contributed by atoms with Crippen molar-refractivity contribution in [1.29, 1.82) is 0 Å². The fourth-order valence-electron chi connectivity index (χ4n) is 1.48. The molecule has 0 saturated carbocycles. The third kappa shape index (κ3) is 2.30. The van der Waals surface area contributed by atoms with Crippen LogP contribution in [0.1, 0.15) is 19.2 Å². The summed E-state index contributed by atoms with van der Waals surface area (Å²) in [6, 6.07) is 0. The zero-order chi connectivity index (χ0) is 11.4. The van der Waals surface area contributed by atoms with Crippen molar-refractivity contribution in [2.24, 2.45) is 7.05 Å². The Balaban J connectivity index is 2.05. The topological polar surface area (TPSA) is 55.9 Å². The van der Waals surface area contributed by atoms with E-state index in [9.17, 15) is 0 Å². The van der Waals surface area contributed by atoms with Crippen LogP contribution < -0.4 is 5.32 Å². The van der Waals surface area contributed by atoms with Gasteiger partial charge in [-0.2, -0.15) is 0 Å². The molecule has 0 amide bonds. The molecule has 16 heavy (non-hydrogen) atoms. The van der Waals surface area contributed by atoms with Gasteiger partial charge in [0.2, 0.25) is 5.89 Å². The molecule has 5 heteroatoms. The van der Waals surface area contributed by atoms with Gasteiger partial charge in [0.1, 0.15) is 5.69 Å². The molecule has 86 valence electrons. The van der Waals surface area contributed by atoms with Gasteiger partial charge in [-0.15, -0.1) is 0 Å². The lowest BCUT2D eigenvalue weighted by atomic mass is 10.4. The van der Waals surface area contributed by atoms with Gasteiger partial charge in [0, 0.05) is 7.05 Å². The highest BCUT2D eigenvalue weighted by Gasteiger charge is 2.08. The lowest BCUT2D eigenvalue weighted by Crippen LogP contribution is -2.13. The zero-order valence-corrected chi connectivity index (χ0v) is 9.60. The van der Waals surface area contributed by atoms with Crippen molar-refractivity contribution in [2.45, 2.75) is 19.9 Å². The number of aryl methyl sites for hydroxylation is 1. The number of nitrogens with one attached hydrogen (secondary N) is 1. The van der Waals surface area contributed by atoms with Crippen molar-refractivity contribution in [3.05, 3.63) is 24.6 Å². The van der Waals surface area contributed by atoms with E-state index in [4.69, 9.17) is 4.42 Å². The van der Waals surface area contributed by atoms with Gasteiger partial charge in [0.15, 0.2) is 5.76 Å². The maximum atomic E-state index is 5.62. The second kappa shape index (κ2) is 4.94. The van der Waals surface area contributed by atoms with Gasteiger partial charge in [-0.05, 0) is 13.0 Å². The molecule has 1 N–H and O–H groups in total. The minimum atomic E-state index is 0.672. The van der Waals surface area contributed by atoms with Gasteiger partial charge < -0.3 is 14.3 Å². The van der Waals surface area contributed by atoms with Crippen LogP contribution >= 0.6 is 0 Å². The van der Waals surface area contributed by atoms with Crippen molar-refractivity contribution < 1.29 is 4.42 Å². The Hall–Kier alpha value is -1.62. The molecule has 0 unspecified atom stereocenters. The van der Waals surface area contributed by atoms with E-state index in [1.807, 2.05) is 11.6 Å². The fourth-order valence-corrected chi connectivity index (χ4v) is 1.48. The van der Waals surface area contributed by atoms with Gasteiger partial charge in [-0.25, -0.2) is 9.97 Å². The average molecular weight is 220 g/mol. The summed E-state index contributed by atoms with van der Waals surface area (Å²) < 4.78 is 7.53. The summed E-state index contributed by atoms with van der Waals surface area (Å²) in [7, 11) is 1.93. The standard InChI is InChI=1S/C11H16N4O/c1-3-4-12-7-11-14-6-10(16-11)9-5-13-8-15(9)2/h5-6,8,12H,3-4,7H2,1-2H3. The van der Waals surface area contributed by atoms with Gasteiger partial charge in [-0.1, -0.05) is 6.92 Å². The highest BCUT2D eigenvalue weighted by Crippen LogP contribution is 2.18. The fraction of sp³-hybridized carbons (Fsp3) is 0.455. The predicted molar refractivity (Wildman–Crippen MR) is 60.7 cm³/mol. The molecule has 2 aromatic rings. The monoisotopic (exact) mass is 220 g/mol. The molecular weight excluding hydrogens is 204 g/mol. The van der Waals surface area contributed by atoms with Crippen molar-refractivity contribution >= 4 is 0 Å². The average Bonchev–Trinajstić information content (AvgIpc) is 2.87. The highest BCUT2D eigenvalue weighted by atomic mass is 16.4. The van der Waals surface area contributed by atoms with E-state index in [2.05, 4.69) is 22.2 Å². The van der Waals surface area contributed by atoms with Crippen LogP contribution in [0.15, 0.2) is 23.1 Å². The van der Waals surface area contributed by atoms with E-state index in [1.54, 1.807) is 18.7 Å². The van der Waals surface area contributed by atoms with E-state index < -0.39 is 0 Å². The molecule has 0 bridgehead atoms. The van der Waals surface area contributed by atoms with Crippen molar-refractivity contribution in [3.63, 3.8) is 0 Å². The molecule has 0 saturated heterocycles. The minimum Gasteiger partial charge on any atom is -0.438 e. The number of hydrogen-bond donors (Lipinski definition) is 1. The minimum absolute atomic E-state index is 0.672. The lowest BCUT2D eigenvalue weighted by Gasteiger charge is -1.98. The molecule has 0 radical (unpaired) electrons. The molecule has 5 nitrogen and oxygen atoms in total. The van der Waals surface area contributed by atoms with E-state index in [0.717, 1.165) is 24.4 Å². The maximum Gasteiger partial charge on any atom is 0.208 e. The van der Waals surface area contributed by atoms with Crippen molar-refractivity contribution in [1.82, 2.24) is 19.9 Å². The molecule has 2 rings (SSSR count). The number of hydrogen-bond acceptors (Lipinski definition) is 4. The lowest BCUT2D eigenvalue weighted by molar-refractivity contribution is 0.475. The Morgan fingerprint density at radius 1 is 1.44 bits per heavy atom. The summed E-state index contributed by atoms with van der Waals surface area (Å²) in [6.45, 7) is 3.78. The second-order valence-corrected chi connectivity index (χ2v) is 3.68. The normalized spacial score (nSPS) is 10.9. The number of aromatic nitrogens is 3. The second-order valence-electron chi connectivity index (χ2n) is 3.68. The summed E-state index contributed by atoms with van der Waals surface area (Å²) in [5, 5.41) is 3.25. The SMILES string of the molecule is CCCNCc1ncc(-c2cncn2C)o1. The van der Waals surface area contributed by atoms with E-state index >= 15 is 0 Å². The molecule has 0 aliphatic heterocycles. The number of rotatable bonds is 5. The molecule has 0 fully saturated rings. The van der Waals surface area contributed by atoms with Crippen LogP contribution in [0.2, 0.25) is 0 Å². The molecule has 0 aliphatic rings. The smallest absolute Gasteiger partial charge is 0.208 e. The van der Waals surface area contributed by atoms with E-state index in [0.29, 0.717) is 12.4 Å². The van der Waals surface area contributed by atoms with Crippen LogP contribution in [0.4, 0.5) is 0 Å². The first-order valence-corrected chi connectivity index (χ1v) is 5.43. The van der Waals surface area contributed by atoms with Gasteiger partial charge >= 0.3 is 0 Å². The first-order valence-electron chi connectivity index (χ1n) is 5.43. The Morgan fingerprint density at radius 2 is 2.31 bits per heavy atom. The molecule has 0 aliphatic carbocycles. The third-order valence-corrected chi connectivity index (χ3v) is 2.33. The van der Waals surface area contributed by atoms with Crippen molar-refractivity contribution in [2.75, 3.05) is 6.54 Å². The van der Waals surface area contributed by atoms with Crippen LogP contribution in [-0.2, 0) is 13.6 Å². The Labute approximate surface area is 94.5 Å². The first-order chi connectivity index (χ1) is 7.81. The predicted octanol–water partition coefficient (Wildman–Crippen LogP) is 1.57. The third-order valence-electron chi connectivity index (χ3n) is 2.33. The molecule has 0 atom stereocenters. The number of imidazole rings is 1. The number of nitrogens with zero attached hydrogens (tertiary/aromatic N) is 3. The van der Waals surface area contributed by atoms with Crippen LogP contribution in [-0.4, -0.2) is 21.1 Å². The van der Waals surface area contributed by atoms with Crippen LogP contribution in [0, 0.1) is 0 Å². The summed E-state index contributed by atoms with van der Waals surface area (Å²) >= 11 is 0.